The number of piperidine rings is 1. The summed E-state index contributed by atoms with van der Waals surface area (Å²) in [7, 11) is -0.0189. The van der Waals surface area contributed by atoms with Gasteiger partial charge in [0.05, 0.1) is 21.3 Å². The molecule has 1 heterocycles. The van der Waals surface area contributed by atoms with Gasteiger partial charge >= 0.3 is 5.97 Å². The molecule has 1 unspecified atom stereocenters. The van der Waals surface area contributed by atoms with E-state index in [1.54, 1.807) is 0 Å². The summed E-state index contributed by atoms with van der Waals surface area (Å²) < 4.78 is 42.7. The number of hydrogen-bond donors (Lipinski definition) is 1. The fourth-order valence-corrected chi connectivity index (χ4v) is 4.71. The van der Waals surface area contributed by atoms with Crippen molar-refractivity contribution in [1.82, 2.24) is 4.31 Å². The Labute approximate surface area is 141 Å². The van der Waals surface area contributed by atoms with Crippen molar-refractivity contribution in [2.45, 2.75) is 30.2 Å². The molecule has 1 aliphatic rings. The molecule has 0 amide bonds. The van der Waals surface area contributed by atoms with E-state index in [0.717, 1.165) is 4.31 Å². The predicted octanol–water partition coefficient (Wildman–Crippen LogP) is 1.34. The first-order chi connectivity index (χ1) is 11.4. The molecular weight excluding hydrogens is 338 g/mol. The molecule has 8 nitrogen and oxygen atoms in total. The molecular formula is C15H21NO7S. The van der Waals surface area contributed by atoms with E-state index in [2.05, 4.69) is 0 Å². The van der Waals surface area contributed by atoms with Crippen LogP contribution in [-0.4, -0.2) is 57.7 Å². The van der Waals surface area contributed by atoms with Gasteiger partial charge in [0.2, 0.25) is 0 Å². The molecule has 0 bridgehead atoms. The number of rotatable bonds is 6. The molecule has 1 aromatic carbocycles. The molecule has 1 aliphatic heterocycles. The number of aliphatic carboxylic acids is 1. The van der Waals surface area contributed by atoms with E-state index in [0.29, 0.717) is 18.6 Å². The van der Waals surface area contributed by atoms with Crippen LogP contribution in [0.25, 0.3) is 0 Å². The van der Waals surface area contributed by atoms with E-state index in [-0.39, 0.29) is 29.4 Å². The van der Waals surface area contributed by atoms with Gasteiger partial charge in [0.25, 0.3) is 10.0 Å². The van der Waals surface area contributed by atoms with Crippen molar-refractivity contribution in [3.8, 4) is 17.2 Å². The maximum absolute atomic E-state index is 13.1. The molecule has 24 heavy (non-hydrogen) atoms. The molecule has 9 heteroatoms. The summed E-state index contributed by atoms with van der Waals surface area (Å²) in [5, 5.41) is 9.37. The quantitative estimate of drug-likeness (QED) is 0.817. The summed E-state index contributed by atoms with van der Waals surface area (Å²) in [6.45, 7) is 0.137. The minimum absolute atomic E-state index is 0.0425. The Kier molecular flexibility index (Phi) is 5.55. The Bertz CT molecular complexity index is 692. The number of sulfonamides is 1. The van der Waals surface area contributed by atoms with Crippen LogP contribution in [0.2, 0.25) is 0 Å². The number of carboxylic acids is 1. The number of carbonyl (C=O) groups is 1. The van der Waals surface area contributed by atoms with Gasteiger partial charge in [0, 0.05) is 18.7 Å². The Morgan fingerprint density at radius 1 is 1.12 bits per heavy atom. The van der Waals surface area contributed by atoms with Crippen molar-refractivity contribution in [1.29, 1.82) is 0 Å². The minimum Gasteiger partial charge on any atom is -0.496 e. The fraction of sp³-hybridized carbons (Fsp3) is 0.533. The van der Waals surface area contributed by atoms with Crippen LogP contribution in [0.3, 0.4) is 0 Å². The van der Waals surface area contributed by atoms with E-state index in [1.807, 2.05) is 0 Å². The summed E-state index contributed by atoms with van der Waals surface area (Å²) >= 11 is 0. The molecule has 0 spiro atoms. The van der Waals surface area contributed by atoms with Gasteiger partial charge in [-0.2, -0.15) is 4.31 Å². The van der Waals surface area contributed by atoms with Crippen molar-refractivity contribution < 1.29 is 32.5 Å². The third-order valence-corrected chi connectivity index (χ3v) is 5.95. The lowest BCUT2D eigenvalue weighted by Gasteiger charge is -2.32. The largest absolute Gasteiger partial charge is 0.496 e. The Morgan fingerprint density at radius 3 is 2.17 bits per heavy atom. The smallest absolute Gasteiger partial charge is 0.322 e. The Balaban J connectivity index is 2.61. The second kappa shape index (κ2) is 7.27. The lowest BCUT2D eigenvalue weighted by atomic mass is 10.1. The van der Waals surface area contributed by atoms with Crippen molar-refractivity contribution in [3.05, 3.63) is 12.1 Å². The SMILES string of the molecule is COc1cc(OC)c(S(=O)(=O)N2CCCCC2C(=O)O)c(OC)c1. The Morgan fingerprint density at radius 2 is 1.71 bits per heavy atom. The molecule has 0 aliphatic carbocycles. The Hall–Kier alpha value is -2.00. The first-order valence-electron chi connectivity index (χ1n) is 7.41. The highest BCUT2D eigenvalue weighted by Gasteiger charge is 2.40. The standard InChI is InChI=1S/C15H21NO7S/c1-21-10-8-12(22-2)14(13(9-10)23-3)24(19,20)16-7-5-4-6-11(16)15(17)18/h8-9,11H,4-7H2,1-3H3,(H,17,18). The van der Waals surface area contributed by atoms with Gasteiger partial charge in [-0.1, -0.05) is 0 Å². The molecule has 1 fully saturated rings. The molecule has 1 saturated heterocycles. The molecule has 0 radical (unpaired) electrons. The summed E-state index contributed by atoms with van der Waals surface area (Å²) in [6, 6.07) is 1.75. The van der Waals surface area contributed by atoms with Crippen LogP contribution in [0.15, 0.2) is 17.0 Å². The van der Waals surface area contributed by atoms with Crippen molar-refractivity contribution >= 4 is 16.0 Å². The van der Waals surface area contributed by atoms with Gasteiger partial charge in [-0.25, -0.2) is 8.42 Å². The van der Waals surface area contributed by atoms with Crippen LogP contribution in [0, 0.1) is 0 Å². The van der Waals surface area contributed by atoms with Gasteiger partial charge in [-0.15, -0.1) is 0 Å². The van der Waals surface area contributed by atoms with Gasteiger partial charge in [-0.3, -0.25) is 4.79 Å². The molecule has 134 valence electrons. The van der Waals surface area contributed by atoms with Crippen molar-refractivity contribution in [2.75, 3.05) is 27.9 Å². The normalized spacial score (nSPS) is 18.9. The molecule has 2 rings (SSSR count). The maximum atomic E-state index is 13.1. The zero-order valence-corrected chi connectivity index (χ0v) is 14.6. The van der Waals surface area contributed by atoms with E-state index >= 15 is 0 Å². The molecule has 1 aromatic rings. The molecule has 0 aromatic heterocycles. The number of benzene rings is 1. The zero-order chi connectivity index (χ0) is 17.9. The predicted molar refractivity (Wildman–Crippen MR) is 85.3 cm³/mol. The van der Waals surface area contributed by atoms with E-state index in [9.17, 15) is 18.3 Å². The van der Waals surface area contributed by atoms with Crippen LogP contribution < -0.4 is 14.2 Å². The van der Waals surface area contributed by atoms with E-state index in [4.69, 9.17) is 14.2 Å². The van der Waals surface area contributed by atoms with Crippen LogP contribution in [0.5, 0.6) is 17.2 Å². The summed E-state index contributed by atoms with van der Waals surface area (Å²) in [5.74, 6) is -0.706. The summed E-state index contributed by atoms with van der Waals surface area (Å²) in [4.78, 5) is 11.3. The topological polar surface area (TPSA) is 102 Å². The average molecular weight is 359 g/mol. The number of nitrogens with zero attached hydrogens (tertiary/aromatic N) is 1. The summed E-state index contributed by atoms with van der Waals surface area (Å²) in [6.07, 6.45) is 1.54. The highest BCUT2D eigenvalue weighted by Crippen LogP contribution is 2.40. The second-order valence-corrected chi connectivity index (χ2v) is 7.15. The summed E-state index contributed by atoms with van der Waals surface area (Å²) in [5.41, 5.74) is 0. The average Bonchev–Trinajstić information content (AvgIpc) is 2.60. The fourth-order valence-electron chi connectivity index (χ4n) is 2.78. The second-order valence-electron chi connectivity index (χ2n) is 5.33. The number of methoxy groups -OCH3 is 3. The first kappa shape index (κ1) is 18.3. The van der Waals surface area contributed by atoms with Crippen LogP contribution >= 0.6 is 0 Å². The first-order valence-corrected chi connectivity index (χ1v) is 8.85. The monoisotopic (exact) mass is 359 g/mol. The molecule has 1 atom stereocenters. The van der Waals surface area contributed by atoms with E-state index in [1.165, 1.54) is 33.5 Å². The number of ether oxygens (including phenoxy) is 3. The third kappa shape index (κ3) is 3.27. The van der Waals surface area contributed by atoms with Gasteiger partial charge in [0.15, 0.2) is 4.90 Å². The lowest BCUT2D eigenvalue weighted by molar-refractivity contribution is -0.142. The van der Waals surface area contributed by atoms with Crippen molar-refractivity contribution in [3.63, 3.8) is 0 Å². The highest BCUT2D eigenvalue weighted by atomic mass is 32.2. The van der Waals surface area contributed by atoms with E-state index < -0.39 is 22.0 Å². The van der Waals surface area contributed by atoms with Gasteiger partial charge in [0.1, 0.15) is 23.3 Å². The van der Waals surface area contributed by atoms with Gasteiger partial charge < -0.3 is 19.3 Å². The van der Waals surface area contributed by atoms with Gasteiger partial charge in [-0.05, 0) is 19.3 Å². The van der Waals surface area contributed by atoms with Crippen LogP contribution in [0.1, 0.15) is 19.3 Å². The highest BCUT2D eigenvalue weighted by molar-refractivity contribution is 7.89. The third-order valence-electron chi connectivity index (χ3n) is 3.98. The number of carboxylic acid groups (broad SMARTS) is 1. The number of hydrogen-bond acceptors (Lipinski definition) is 6. The lowest BCUT2D eigenvalue weighted by Crippen LogP contribution is -2.47. The van der Waals surface area contributed by atoms with Crippen LogP contribution in [-0.2, 0) is 14.8 Å². The molecule has 0 saturated carbocycles. The molecule has 1 N–H and O–H groups in total. The minimum atomic E-state index is -4.12. The van der Waals surface area contributed by atoms with Crippen molar-refractivity contribution in [2.24, 2.45) is 0 Å². The zero-order valence-electron chi connectivity index (χ0n) is 13.8. The van der Waals surface area contributed by atoms with Crippen LogP contribution in [0.4, 0.5) is 0 Å². The maximum Gasteiger partial charge on any atom is 0.322 e.